The Morgan fingerprint density at radius 1 is 0.733 bits per heavy atom. The number of phenols is 3. The van der Waals surface area contributed by atoms with Crippen LogP contribution in [0.4, 0.5) is 0 Å². The summed E-state index contributed by atoms with van der Waals surface area (Å²) in [7, 11) is 0. The Morgan fingerprint density at radius 3 is 1.73 bits per heavy atom. The number of hydrogen-bond acceptors (Lipinski definition) is 5. The second-order valence-corrected chi connectivity index (χ2v) is 9.17. The van der Waals surface area contributed by atoms with Crippen LogP contribution in [0.25, 0.3) is 0 Å². The van der Waals surface area contributed by atoms with Crippen LogP contribution in [0.15, 0.2) is 6.07 Å². The number of carbonyl (C=O) groups is 2. The highest BCUT2D eigenvalue weighted by Gasteiger charge is 2.49. The molecule has 2 aliphatic rings. The zero-order chi connectivity index (χ0) is 21.9. The lowest BCUT2D eigenvalue weighted by atomic mass is 9.94. The maximum absolute atomic E-state index is 11.2. The smallest absolute Gasteiger partial charge is 0.309 e. The van der Waals surface area contributed by atoms with Gasteiger partial charge in [-0.05, 0) is 75.8 Å². The molecule has 2 fully saturated rings. The third kappa shape index (κ3) is 4.82. The SMILES string of the molecule is O=C(O)C1(CCCCCc2cc(O)c(O)c(CCCCC3(C(=O)O)CC3)c2O)CC1. The number of rotatable bonds is 13. The van der Waals surface area contributed by atoms with E-state index in [1.807, 2.05) is 0 Å². The number of benzene rings is 1. The summed E-state index contributed by atoms with van der Waals surface area (Å²) < 4.78 is 0. The van der Waals surface area contributed by atoms with Crippen molar-refractivity contribution in [1.82, 2.24) is 0 Å². The van der Waals surface area contributed by atoms with E-state index in [4.69, 9.17) is 0 Å². The van der Waals surface area contributed by atoms with E-state index in [0.717, 1.165) is 32.1 Å². The summed E-state index contributed by atoms with van der Waals surface area (Å²) in [5.41, 5.74) is -0.198. The largest absolute Gasteiger partial charge is 0.507 e. The lowest BCUT2D eigenvalue weighted by molar-refractivity contribution is -0.144. The van der Waals surface area contributed by atoms with E-state index in [1.165, 1.54) is 6.07 Å². The van der Waals surface area contributed by atoms with Gasteiger partial charge in [0.05, 0.1) is 10.8 Å². The topological polar surface area (TPSA) is 135 Å². The van der Waals surface area contributed by atoms with Crippen molar-refractivity contribution >= 4 is 11.9 Å². The van der Waals surface area contributed by atoms with E-state index in [1.54, 1.807) is 0 Å². The first-order valence-electron chi connectivity index (χ1n) is 10.9. The fourth-order valence-electron chi connectivity index (χ4n) is 4.35. The van der Waals surface area contributed by atoms with Gasteiger partial charge in [-0.2, -0.15) is 0 Å². The van der Waals surface area contributed by atoms with E-state index in [-0.39, 0.29) is 17.2 Å². The normalized spacial score (nSPS) is 18.1. The molecule has 2 aliphatic carbocycles. The fourth-order valence-corrected chi connectivity index (χ4v) is 4.35. The fraction of sp³-hybridized carbons (Fsp3) is 0.652. The second kappa shape index (κ2) is 8.74. The van der Waals surface area contributed by atoms with Crippen LogP contribution in [0.3, 0.4) is 0 Å². The second-order valence-electron chi connectivity index (χ2n) is 9.17. The summed E-state index contributed by atoms with van der Waals surface area (Å²) in [4.78, 5) is 22.4. The molecule has 1 aromatic rings. The van der Waals surface area contributed by atoms with E-state index in [9.17, 15) is 35.1 Å². The zero-order valence-electron chi connectivity index (χ0n) is 17.3. The Bertz CT molecular complexity index is 806. The van der Waals surface area contributed by atoms with Gasteiger partial charge in [-0.1, -0.05) is 19.3 Å². The van der Waals surface area contributed by atoms with Gasteiger partial charge >= 0.3 is 11.9 Å². The molecular formula is C23H32O7. The number of phenolic OH excluding ortho intramolecular Hbond substituents is 3. The molecule has 1 aromatic carbocycles. The third-order valence-electron chi connectivity index (χ3n) is 6.98. The van der Waals surface area contributed by atoms with Crippen LogP contribution in [-0.4, -0.2) is 37.5 Å². The third-order valence-corrected chi connectivity index (χ3v) is 6.98. The van der Waals surface area contributed by atoms with Crippen LogP contribution in [0.2, 0.25) is 0 Å². The van der Waals surface area contributed by atoms with Crippen LogP contribution in [-0.2, 0) is 22.4 Å². The van der Waals surface area contributed by atoms with Crippen LogP contribution >= 0.6 is 0 Å². The summed E-state index contributed by atoms with van der Waals surface area (Å²) in [5.74, 6) is -2.03. The van der Waals surface area contributed by atoms with Crippen molar-refractivity contribution in [3.05, 3.63) is 17.2 Å². The number of aromatic hydroxyl groups is 3. The Labute approximate surface area is 176 Å². The van der Waals surface area contributed by atoms with Crippen molar-refractivity contribution in [2.75, 3.05) is 0 Å². The maximum Gasteiger partial charge on any atom is 0.309 e. The number of carboxylic acids is 2. The first-order chi connectivity index (χ1) is 14.2. The molecule has 3 rings (SSSR count). The number of carboxylic acid groups (broad SMARTS) is 2. The highest BCUT2D eigenvalue weighted by atomic mass is 16.4. The predicted molar refractivity (Wildman–Crippen MR) is 110 cm³/mol. The summed E-state index contributed by atoms with van der Waals surface area (Å²) in [5, 5.41) is 49.2. The highest BCUT2D eigenvalue weighted by Crippen LogP contribution is 2.51. The maximum atomic E-state index is 11.2. The quantitative estimate of drug-likeness (QED) is 0.182. The molecule has 0 aromatic heterocycles. The van der Waals surface area contributed by atoms with Gasteiger partial charge in [0.1, 0.15) is 5.75 Å². The molecule has 0 unspecified atom stereocenters. The number of unbranched alkanes of at least 4 members (excludes halogenated alkanes) is 3. The average Bonchev–Trinajstić information content (AvgIpc) is 3.60. The summed E-state index contributed by atoms with van der Waals surface area (Å²) in [6.07, 6.45) is 8.82. The number of hydrogen-bond donors (Lipinski definition) is 5. The van der Waals surface area contributed by atoms with Gasteiger partial charge in [-0.15, -0.1) is 0 Å². The zero-order valence-corrected chi connectivity index (χ0v) is 17.3. The molecule has 0 saturated heterocycles. The minimum Gasteiger partial charge on any atom is -0.507 e. The summed E-state index contributed by atoms with van der Waals surface area (Å²) >= 11 is 0. The monoisotopic (exact) mass is 420 g/mol. The molecule has 2 saturated carbocycles. The minimum atomic E-state index is -0.746. The molecule has 0 atom stereocenters. The van der Waals surface area contributed by atoms with Crippen molar-refractivity contribution < 1.29 is 35.1 Å². The molecule has 30 heavy (non-hydrogen) atoms. The minimum absolute atomic E-state index is 0.00568. The van der Waals surface area contributed by atoms with Gasteiger partial charge in [0.2, 0.25) is 0 Å². The highest BCUT2D eigenvalue weighted by molar-refractivity contribution is 5.78. The molecule has 5 N–H and O–H groups in total. The Balaban J connectivity index is 1.48. The summed E-state index contributed by atoms with van der Waals surface area (Å²) in [6, 6.07) is 1.39. The van der Waals surface area contributed by atoms with Crippen LogP contribution in [0, 0.1) is 10.8 Å². The van der Waals surface area contributed by atoms with Crippen molar-refractivity contribution in [2.45, 2.75) is 83.5 Å². The van der Waals surface area contributed by atoms with Crippen molar-refractivity contribution in [3.63, 3.8) is 0 Å². The molecule has 0 aliphatic heterocycles. The van der Waals surface area contributed by atoms with Gasteiger partial charge < -0.3 is 25.5 Å². The standard InChI is InChI=1S/C23H32O7/c24-17-14-15(6-2-1-4-8-22(10-11-22)20(27)28)18(25)16(19(17)26)7-3-5-9-23(12-13-23)21(29)30/h14,24-26H,1-13H2,(H,27,28)(H,29,30). The van der Waals surface area contributed by atoms with E-state index >= 15 is 0 Å². The van der Waals surface area contributed by atoms with Gasteiger partial charge in [-0.3, -0.25) is 9.59 Å². The molecule has 0 radical (unpaired) electrons. The average molecular weight is 421 g/mol. The van der Waals surface area contributed by atoms with E-state index in [2.05, 4.69) is 0 Å². The summed E-state index contributed by atoms with van der Waals surface area (Å²) in [6.45, 7) is 0. The van der Waals surface area contributed by atoms with E-state index in [0.29, 0.717) is 62.5 Å². The molecule has 0 bridgehead atoms. The van der Waals surface area contributed by atoms with Crippen molar-refractivity contribution in [3.8, 4) is 17.2 Å². The van der Waals surface area contributed by atoms with Gasteiger partial charge in [0, 0.05) is 5.56 Å². The Morgan fingerprint density at radius 2 is 1.23 bits per heavy atom. The van der Waals surface area contributed by atoms with Crippen LogP contribution in [0.1, 0.15) is 81.8 Å². The number of aliphatic carboxylic acids is 2. The molecule has 0 spiro atoms. The number of aryl methyl sites for hydroxylation is 1. The predicted octanol–water partition coefficient (Wildman–Crippen LogP) is 4.35. The lowest BCUT2D eigenvalue weighted by Gasteiger charge is -2.14. The van der Waals surface area contributed by atoms with Crippen LogP contribution in [0.5, 0.6) is 17.2 Å². The molecule has 166 valence electrons. The molecule has 0 amide bonds. The van der Waals surface area contributed by atoms with Gasteiger partial charge in [0.15, 0.2) is 11.5 Å². The first kappa shape index (κ1) is 22.2. The van der Waals surface area contributed by atoms with Gasteiger partial charge in [0.25, 0.3) is 0 Å². The molecule has 0 heterocycles. The first-order valence-corrected chi connectivity index (χ1v) is 10.9. The van der Waals surface area contributed by atoms with Crippen LogP contribution < -0.4 is 0 Å². The Kier molecular flexibility index (Phi) is 6.48. The molecule has 7 nitrogen and oxygen atoms in total. The van der Waals surface area contributed by atoms with Gasteiger partial charge in [-0.25, -0.2) is 0 Å². The van der Waals surface area contributed by atoms with E-state index < -0.39 is 22.8 Å². The molecule has 7 heteroatoms. The Hall–Kier alpha value is -2.44. The lowest BCUT2D eigenvalue weighted by Crippen LogP contribution is -2.14. The van der Waals surface area contributed by atoms with Crippen molar-refractivity contribution in [1.29, 1.82) is 0 Å². The molecular weight excluding hydrogens is 388 g/mol. The van der Waals surface area contributed by atoms with Crippen molar-refractivity contribution in [2.24, 2.45) is 10.8 Å².